The van der Waals surface area contributed by atoms with Crippen LogP contribution >= 0.6 is 0 Å². The van der Waals surface area contributed by atoms with Crippen LogP contribution in [0.15, 0.2) is 58.3 Å². The molecule has 0 aliphatic rings. The first kappa shape index (κ1) is 16.4. The average molecular weight is 346 g/mol. The molecule has 0 fully saturated rings. The van der Waals surface area contributed by atoms with Gasteiger partial charge in [0, 0.05) is 24.6 Å². The quantitative estimate of drug-likeness (QED) is 0.738. The van der Waals surface area contributed by atoms with Gasteiger partial charge in [-0.2, -0.15) is 5.10 Å². The smallest absolute Gasteiger partial charge is 0.242 e. The highest BCUT2D eigenvalue weighted by atomic mass is 32.2. The molecular weight excluding hydrogens is 328 g/mol. The first-order valence-corrected chi connectivity index (χ1v) is 8.91. The maximum atomic E-state index is 12.4. The van der Waals surface area contributed by atoms with Crippen LogP contribution in [-0.4, -0.2) is 29.7 Å². The van der Waals surface area contributed by atoms with E-state index >= 15 is 0 Å². The number of hydrogen-bond acceptors (Lipinski definition) is 5. The van der Waals surface area contributed by atoms with Crippen molar-refractivity contribution in [1.82, 2.24) is 19.5 Å². The van der Waals surface area contributed by atoms with Gasteiger partial charge in [-0.15, -0.1) is 0 Å². The molecular formula is C16H18N4O3S. The molecule has 3 rings (SSSR count). The Morgan fingerprint density at radius 3 is 2.71 bits per heavy atom. The summed E-state index contributed by atoms with van der Waals surface area (Å²) in [5.74, 6) is 0.634. The van der Waals surface area contributed by atoms with E-state index in [9.17, 15) is 8.42 Å². The molecule has 0 saturated heterocycles. The van der Waals surface area contributed by atoms with E-state index in [1.807, 2.05) is 19.9 Å². The molecule has 7 nitrogen and oxygen atoms in total. The first-order chi connectivity index (χ1) is 11.5. The normalized spacial score (nSPS) is 13.1. The molecule has 0 aromatic carbocycles. The van der Waals surface area contributed by atoms with Crippen molar-refractivity contribution in [2.75, 3.05) is 6.54 Å². The molecule has 1 N–H and O–H groups in total. The fraction of sp³-hybridized carbons (Fsp3) is 0.250. The lowest BCUT2D eigenvalue weighted by atomic mass is 10.2. The average Bonchev–Trinajstić information content (AvgIpc) is 3.19. The lowest BCUT2D eigenvalue weighted by Gasteiger charge is -2.18. The fourth-order valence-electron chi connectivity index (χ4n) is 2.53. The van der Waals surface area contributed by atoms with Crippen molar-refractivity contribution in [2.45, 2.75) is 24.8 Å². The lowest BCUT2D eigenvalue weighted by Crippen LogP contribution is -2.32. The minimum absolute atomic E-state index is 0.118. The standard InChI is InChI=1S/C16H18N4O3S/c1-12-9-13(2)20(19-12)15(16-6-4-8-23-16)11-18-24(21,22)14-5-3-7-17-10-14/h3-10,15,18H,11H2,1-2H3. The van der Waals surface area contributed by atoms with E-state index < -0.39 is 10.0 Å². The summed E-state index contributed by atoms with van der Waals surface area (Å²) in [6.07, 6.45) is 4.40. The summed E-state index contributed by atoms with van der Waals surface area (Å²) in [4.78, 5) is 3.97. The Kier molecular flexibility index (Phi) is 4.50. The Hall–Kier alpha value is -2.45. The first-order valence-electron chi connectivity index (χ1n) is 7.43. The number of rotatable bonds is 6. The number of nitrogens with zero attached hydrogens (tertiary/aromatic N) is 3. The molecule has 3 aromatic rings. The van der Waals surface area contributed by atoms with Crippen molar-refractivity contribution < 1.29 is 12.8 Å². The zero-order valence-electron chi connectivity index (χ0n) is 13.4. The fourth-order valence-corrected chi connectivity index (χ4v) is 3.53. The summed E-state index contributed by atoms with van der Waals surface area (Å²) < 4.78 is 34.7. The van der Waals surface area contributed by atoms with Crippen LogP contribution in [0.5, 0.6) is 0 Å². The van der Waals surface area contributed by atoms with Crippen LogP contribution in [0.4, 0.5) is 0 Å². The number of furan rings is 1. The number of aryl methyl sites for hydroxylation is 2. The second kappa shape index (κ2) is 6.58. The summed E-state index contributed by atoms with van der Waals surface area (Å²) in [5.41, 5.74) is 1.79. The van der Waals surface area contributed by atoms with Gasteiger partial charge in [-0.25, -0.2) is 13.1 Å². The Balaban J connectivity index is 1.87. The summed E-state index contributed by atoms with van der Waals surface area (Å²) in [6.45, 7) is 3.93. The predicted octanol–water partition coefficient (Wildman–Crippen LogP) is 2.06. The Morgan fingerprint density at radius 1 is 1.29 bits per heavy atom. The van der Waals surface area contributed by atoms with Crippen molar-refractivity contribution in [3.8, 4) is 0 Å². The number of sulfonamides is 1. The van der Waals surface area contributed by atoms with Crippen LogP contribution in [0.3, 0.4) is 0 Å². The molecule has 0 spiro atoms. The highest BCUT2D eigenvalue weighted by Crippen LogP contribution is 2.21. The van der Waals surface area contributed by atoms with Gasteiger partial charge in [0.2, 0.25) is 10.0 Å². The van der Waals surface area contributed by atoms with Crippen molar-refractivity contribution in [2.24, 2.45) is 0 Å². The van der Waals surface area contributed by atoms with Crippen LogP contribution < -0.4 is 4.72 Å². The van der Waals surface area contributed by atoms with Gasteiger partial charge in [-0.05, 0) is 44.2 Å². The van der Waals surface area contributed by atoms with E-state index in [1.165, 1.54) is 18.5 Å². The summed E-state index contributed by atoms with van der Waals surface area (Å²) in [6, 6.07) is 8.22. The number of pyridine rings is 1. The van der Waals surface area contributed by atoms with Gasteiger partial charge in [0.1, 0.15) is 16.7 Å². The molecule has 3 heterocycles. The van der Waals surface area contributed by atoms with Gasteiger partial charge in [0.15, 0.2) is 0 Å². The third-order valence-corrected chi connectivity index (χ3v) is 5.03. The van der Waals surface area contributed by atoms with Crippen LogP contribution in [0.1, 0.15) is 23.2 Å². The zero-order valence-corrected chi connectivity index (χ0v) is 14.2. The van der Waals surface area contributed by atoms with Crippen molar-refractivity contribution in [3.05, 3.63) is 66.1 Å². The van der Waals surface area contributed by atoms with E-state index in [1.54, 1.807) is 29.1 Å². The third-order valence-electron chi connectivity index (χ3n) is 3.62. The van der Waals surface area contributed by atoms with Gasteiger partial charge < -0.3 is 4.42 Å². The molecule has 0 aliphatic heterocycles. The molecule has 24 heavy (non-hydrogen) atoms. The SMILES string of the molecule is Cc1cc(C)n(C(CNS(=O)(=O)c2cccnc2)c2ccco2)n1. The minimum atomic E-state index is -3.66. The summed E-state index contributed by atoms with van der Waals surface area (Å²) in [7, 11) is -3.66. The molecule has 126 valence electrons. The highest BCUT2D eigenvalue weighted by molar-refractivity contribution is 7.89. The molecule has 1 atom stereocenters. The van der Waals surface area contributed by atoms with Crippen molar-refractivity contribution in [3.63, 3.8) is 0 Å². The minimum Gasteiger partial charge on any atom is -0.467 e. The Morgan fingerprint density at radius 2 is 2.12 bits per heavy atom. The monoisotopic (exact) mass is 346 g/mol. The van der Waals surface area contributed by atoms with E-state index in [4.69, 9.17) is 4.42 Å². The third kappa shape index (κ3) is 3.39. The molecule has 3 aromatic heterocycles. The molecule has 0 bridgehead atoms. The van der Waals surface area contributed by atoms with Gasteiger partial charge in [-0.1, -0.05) is 0 Å². The Labute approximate surface area is 140 Å². The molecule has 1 unspecified atom stereocenters. The van der Waals surface area contributed by atoms with Gasteiger partial charge >= 0.3 is 0 Å². The van der Waals surface area contributed by atoms with Crippen LogP contribution in [0.25, 0.3) is 0 Å². The predicted molar refractivity (Wildman–Crippen MR) is 88.0 cm³/mol. The molecule has 0 aliphatic carbocycles. The summed E-state index contributed by atoms with van der Waals surface area (Å²) in [5, 5.41) is 4.45. The lowest BCUT2D eigenvalue weighted by molar-refractivity contribution is 0.397. The molecule has 0 amide bonds. The highest BCUT2D eigenvalue weighted by Gasteiger charge is 2.23. The summed E-state index contributed by atoms with van der Waals surface area (Å²) >= 11 is 0. The number of aromatic nitrogens is 3. The largest absolute Gasteiger partial charge is 0.467 e. The molecule has 0 radical (unpaired) electrons. The maximum absolute atomic E-state index is 12.4. The van der Waals surface area contributed by atoms with Crippen molar-refractivity contribution >= 4 is 10.0 Å². The van der Waals surface area contributed by atoms with E-state index in [0.717, 1.165) is 11.4 Å². The van der Waals surface area contributed by atoms with Gasteiger partial charge in [0.05, 0.1) is 12.0 Å². The van der Waals surface area contributed by atoms with E-state index in [-0.39, 0.29) is 17.5 Å². The topological polar surface area (TPSA) is 90.0 Å². The Bertz CT molecular complexity index is 902. The number of hydrogen-bond donors (Lipinski definition) is 1. The number of nitrogens with one attached hydrogen (secondary N) is 1. The van der Waals surface area contributed by atoms with Crippen LogP contribution in [0, 0.1) is 13.8 Å². The second-order valence-electron chi connectivity index (χ2n) is 5.44. The van der Waals surface area contributed by atoms with Gasteiger partial charge in [0.25, 0.3) is 0 Å². The van der Waals surface area contributed by atoms with Crippen LogP contribution in [0.2, 0.25) is 0 Å². The van der Waals surface area contributed by atoms with Crippen molar-refractivity contribution in [1.29, 1.82) is 0 Å². The van der Waals surface area contributed by atoms with E-state index in [2.05, 4.69) is 14.8 Å². The van der Waals surface area contributed by atoms with Gasteiger partial charge in [-0.3, -0.25) is 9.67 Å². The van der Waals surface area contributed by atoms with Crippen LogP contribution in [-0.2, 0) is 10.0 Å². The zero-order chi connectivity index (χ0) is 17.2. The molecule has 0 saturated carbocycles. The second-order valence-corrected chi connectivity index (χ2v) is 7.21. The van der Waals surface area contributed by atoms with E-state index in [0.29, 0.717) is 5.76 Å². The maximum Gasteiger partial charge on any atom is 0.242 e. The molecule has 8 heteroatoms.